The molecule has 6 rings (SSSR count). The predicted octanol–water partition coefficient (Wildman–Crippen LogP) is 3.86. The Labute approximate surface area is 216 Å². The number of aromatic nitrogens is 6. The minimum atomic E-state index is -0.377. The molecule has 1 N–H and O–H groups in total. The molecule has 5 aromatic heterocycles. The summed E-state index contributed by atoms with van der Waals surface area (Å²) in [6, 6.07) is 5.49. The smallest absolute Gasteiger partial charge is 0.341 e. The van der Waals surface area contributed by atoms with Crippen molar-refractivity contribution in [3.05, 3.63) is 88.6 Å². The lowest BCUT2D eigenvalue weighted by atomic mass is 10.1. The fourth-order valence-corrected chi connectivity index (χ4v) is 4.56. The van der Waals surface area contributed by atoms with Crippen LogP contribution in [0.15, 0.2) is 55.5 Å². The standard InChI is InChI=1S/C26H24ClN7O3/c1-2-37-26(36)21-7-17(16-3-4-16)11-33-13-20(31-24(21)33)14-34-12-18(9-30-34)25(35)28-10-22-23-8-19(27)5-6-32(23)15-29-22/h5-9,11-13,15-16H,2-4,10,14H2,1H3,(H,28,35). The van der Waals surface area contributed by atoms with E-state index in [0.29, 0.717) is 40.9 Å². The van der Waals surface area contributed by atoms with Gasteiger partial charge in [-0.1, -0.05) is 11.6 Å². The van der Waals surface area contributed by atoms with Crippen LogP contribution in [0.2, 0.25) is 5.02 Å². The van der Waals surface area contributed by atoms with Gasteiger partial charge in [0, 0.05) is 29.8 Å². The summed E-state index contributed by atoms with van der Waals surface area (Å²) >= 11 is 6.09. The van der Waals surface area contributed by atoms with Crippen molar-refractivity contribution in [2.45, 2.75) is 38.8 Å². The molecule has 5 heterocycles. The van der Waals surface area contributed by atoms with Crippen molar-refractivity contribution in [1.82, 2.24) is 33.9 Å². The van der Waals surface area contributed by atoms with Crippen LogP contribution in [0, 0.1) is 0 Å². The van der Waals surface area contributed by atoms with Gasteiger partial charge in [-0.2, -0.15) is 5.10 Å². The number of carbonyl (C=O) groups excluding carboxylic acids is 2. The van der Waals surface area contributed by atoms with Crippen molar-refractivity contribution in [1.29, 1.82) is 0 Å². The van der Waals surface area contributed by atoms with E-state index in [1.807, 2.05) is 39.5 Å². The Morgan fingerprint density at radius 1 is 1.19 bits per heavy atom. The number of rotatable bonds is 8. The van der Waals surface area contributed by atoms with Crippen LogP contribution in [0.4, 0.5) is 0 Å². The van der Waals surface area contributed by atoms with Crippen molar-refractivity contribution in [2.24, 2.45) is 0 Å². The van der Waals surface area contributed by atoms with E-state index in [9.17, 15) is 9.59 Å². The number of carbonyl (C=O) groups is 2. The Kier molecular flexibility index (Phi) is 5.88. The van der Waals surface area contributed by atoms with E-state index < -0.39 is 0 Å². The van der Waals surface area contributed by atoms with Gasteiger partial charge in [-0.05, 0) is 49.4 Å². The van der Waals surface area contributed by atoms with Crippen LogP contribution in [0.25, 0.3) is 11.2 Å². The van der Waals surface area contributed by atoms with Gasteiger partial charge >= 0.3 is 5.97 Å². The van der Waals surface area contributed by atoms with Crippen molar-refractivity contribution in [3.8, 4) is 0 Å². The molecule has 0 aromatic carbocycles. The first-order chi connectivity index (χ1) is 18.0. The van der Waals surface area contributed by atoms with Gasteiger partial charge in [0.05, 0.1) is 54.7 Å². The molecular weight excluding hydrogens is 494 g/mol. The Hall–Kier alpha value is -4.18. The summed E-state index contributed by atoms with van der Waals surface area (Å²) in [7, 11) is 0. The monoisotopic (exact) mass is 517 g/mol. The number of hydrogen-bond donors (Lipinski definition) is 1. The van der Waals surface area contributed by atoms with Gasteiger partial charge in [0.15, 0.2) is 5.65 Å². The molecule has 0 atom stereocenters. The van der Waals surface area contributed by atoms with Gasteiger partial charge in [-0.25, -0.2) is 14.8 Å². The zero-order valence-corrected chi connectivity index (χ0v) is 20.9. The Balaban J connectivity index is 1.18. The third-order valence-corrected chi connectivity index (χ3v) is 6.62. The third-order valence-electron chi connectivity index (χ3n) is 6.38. The molecule has 1 saturated carbocycles. The van der Waals surface area contributed by atoms with Crippen LogP contribution in [-0.2, 0) is 17.8 Å². The van der Waals surface area contributed by atoms with Crippen LogP contribution in [0.1, 0.15) is 63.4 Å². The fraction of sp³-hybridized carbons (Fsp3) is 0.269. The lowest BCUT2D eigenvalue weighted by molar-refractivity contribution is 0.0527. The fourth-order valence-electron chi connectivity index (χ4n) is 4.40. The summed E-state index contributed by atoms with van der Waals surface area (Å²) in [4.78, 5) is 34.4. The minimum absolute atomic E-state index is 0.257. The summed E-state index contributed by atoms with van der Waals surface area (Å²) < 4.78 is 10.6. The molecule has 0 bridgehead atoms. The van der Waals surface area contributed by atoms with Crippen molar-refractivity contribution < 1.29 is 14.3 Å². The van der Waals surface area contributed by atoms with Gasteiger partial charge in [-0.3, -0.25) is 9.48 Å². The number of ether oxygens (including phenoxy) is 1. The molecule has 1 aliphatic carbocycles. The van der Waals surface area contributed by atoms with Crippen LogP contribution in [0.5, 0.6) is 0 Å². The molecule has 10 nitrogen and oxygen atoms in total. The van der Waals surface area contributed by atoms with Crippen molar-refractivity contribution in [3.63, 3.8) is 0 Å². The molecule has 37 heavy (non-hydrogen) atoms. The highest BCUT2D eigenvalue weighted by Gasteiger charge is 2.27. The average Bonchev–Trinajstić information content (AvgIpc) is 3.30. The second-order valence-electron chi connectivity index (χ2n) is 9.08. The maximum absolute atomic E-state index is 12.7. The van der Waals surface area contributed by atoms with E-state index in [-0.39, 0.29) is 18.4 Å². The quantitative estimate of drug-likeness (QED) is 0.313. The Morgan fingerprint density at radius 3 is 2.86 bits per heavy atom. The number of imidazole rings is 2. The topological polar surface area (TPSA) is 108 Å². The van der Waals surface area contributed by atoms with Gasteiger partial charge in [0.2, 0.25) is 0 Å². The lowest BCUT2D eigenvalue weighted by Gasteiger charge is -2.06. The summed E-state index contributed by atoms with van der Waals surface area (Å²) in [5.41, 5.74) is 4.83. The van der Waals surface area contributed by atoms with Gasteiger partial charge in [0.1, 0.15) is 5.56 Å². The number of halogens is 1. The van der Waals surface area contributed by atoms with E-state index in [1.54, 1.807) is 30.2 Å². The molecule has 1 aliphatic rings. The van der Waals surface area contributed by atoms with Crippen LogP contribution < -0.4 is 5.32 Å². The molecule has 0 unspecified atom stereocenters. The van der Waals surface area contributed by atoms with Crippen LogP contribution in [-0.4, -0.2) is 47.0 Å². The SMILES string of the molecule is CCOC(=O)c1cc(C2CC2)cn2cc(Cn3cc(C(=O)NCc4ncn5ccc(Cl)cc45)cn3)nc12. The summed E-state index contributed by atoms with van der Waals surface area (Å²) in [6.07, 6.45) is 12.9. The van der Waals surface area contributed by atoms with Crippen LogP contribution >= 0.6 is 11.6 Å². The molecular formula is C26H24ClN7O3. The van der Waals surface area contributed by atoms with Gasteiger partial charge < -0.3 is 18.9 Å². The first kappa shape index (κ1) is 23.2. The first-order valence-electron chi connectivity index (χ1n) is 12.1. The molecule has 0 aliphatic heterocycles. The molecule has 11 heteroatoms. The number of amides is 1. The third kappa shape index (κ3) is 4.67. The average molecular weight is 518 g/mol. The maximum Gasteiger partial charge on any atom is 0.341 e. The summed E-state index contributed by atoms with van der Waals surface area (Å²) in [6.45, 7) is 2.69. The lowest BCUT2D eigenvalue weighted by Crippen LogP contribution is -2.22. The number of pyridine rings is 2. The number of hydrogen-bond acceptors (Lipinski definition) is 6. The van der Waals surface area contributed by atoms with Crippen molar-refractivity contribution in [2.75, 3.05) is 6.61 Å². The van der Waals surface area contributed by atoms with Crippen molar-refractivity contribution >= 4 is 34.6 Å². The second kappa shape index (κ2) is 9.36. The van der Waals surface area contributed by atoms with Gasteiger partial charge in [0.25, 0.3) is 5.91 Å². The summed E-state index contributed by atoms with van der Waals surface area (Å²) in [5, 5.41) is 7.82. The number of fused-ring (bicyclic) bond motifs is 2. The zero-order valence-electron chi connectivity index (χ0n) is 20.1. The zero-order chi connectivity index (χ0) is 25.5. The van der Waals surface area contributed by atoms with E-state index in [2.05, 4.69) is 20.4 Å². The van der Waals surface area contributed by atoms with E-state index in [0.717, 1.165) is 35.3 Å². The number of nitrogens with one attached hydrogen (secondary N) is 1. The van der Waals surface area contributed by atoms with E-state index in [4.69, 9.17) is 16.3 Å². The molecule has 188 valence electrons. The molecule has 0 radical (unpaired) electrons. The highest BCUT2D eigenvalue weighted by atomic mass is 35.5. The Bertz CT molecular complexity index is 1650. The molecule has 1 amide bonds. The highest BCUT2D eigenvalue weighted by Crippen LogP contribution is 2.40. The van der Waals surface area contributed by atoms with E-state index in [1.165, 1.54) is 6.20 Å². The summed E-state index contributed by atoms with van der Waals surface area (Å²) in [5.74, 6) is -0.159. The van der Waals surface area contributed by atoms with Gasteiger partial charge in [-0.15, -0.1) is 0 Å². The largest absolute Gasteiger partial charge is 0.462 e. The highest BCUT2D eigenvalue weighted by molar-refractivity contribution is 6.30. The Morgan fingerprint density at radius 2 is 2.05 bits per heavy atom. The number of nitrogens with zero attached hydrogens (tertiary/aromatic N) is 6. The molecule has 1 fully saturated rings. The van der Waals surface area contributed by atoms with Crippen LogP contribution in [0.3, 0.4) is 0 Å². The number of esters is 1. The second-order valence-corrected chi connectivity index (χ2v) is 9.52. The normalized spacial score (nSPS) is 13.4. The predicted molar refractivity (Wildman–Crippen MR) is 136 cm³/mol. The molecule has 0 saturated heterocycles. The van der Waals surface area contributed by atoms with E-state index >= 15 is 0 Å². The first-order valence-corrected chi connectivity index (χ1v) is 12.5. The minimum Gasteiger partial charge on any atom is -0.462 e. The molecule has 0 spiro atoms. The maximum atomic E-state index is 12.7. The molecule has 5 aromatic rings.